The lowest BCUT2D eigenvalue weighted by Gasteiger charge is -2.33. The summed E-state index contributed by atoms with van der Waals surface area (Å²) in [6.07, 6.45) is 1.73. The summed E-state index contributed by atoms with van der Waals surface area (Å²) >= 11 is 0. The molecular formula is C21H30FN2O3P. The third-order valence-electron chi connectivity index (χ3n) is 4.36. The van der Waals surface area contributed by atoms with Crippen LogP contribution in [0.25, 0.3) is 0 Å². The Kier molecular flexibility index (Phi) is 7.59. The van der Waals surface area contributed by atoms with E-state index < -0.39 is 5.60 Å². The summed E-state index contributed by atoms with van der Waals surface area (Å²) in [5, 5.41) is 4.94. The predicted molar refractivity (Wildman–Crippen MR) is 113 cm³/mol. The van der Waals surface area contributed by atoms with Gasteiger partial charge >= 0.3 is 6.09 Å². The Balaban J connectivity index is 1.82. The van der Waals surface area contributed by atoms with E-state index in [0.717, 1.165) is 29.4 Å². The van der Waals surface area contributed by atoms with Gasteiger partial charge in [0.25, 0.3) is 0 Å². The second-order valence-electron chi connectivity index (χ2n) is 8.20. The van der Waals surface area contributed by atoms with E-state index >= 15 is 0 Å². The van der Waals surface area contributed by atoms with Gasteiger partial charge in [-0.05, 0) is 63.5 Å². The SMILES string of the molecule is C=C(O/N=C(\C)Cc1cc(F)cc(P)c1)C1CCN(C(=O)OC(C)(C)C)CC1. The predicted octanol–water partition coefficient (Wildman–Crippen LogP) is 4.42. The van der Waals surface area contributed by atoms with E-state index in [-0.39, 0.29) is 17.8 Å². The van der Waals surface area contributed by atoms with Crippen molar-refractivity contribution in [3.8, 4) is 0 Å². The maximum atomic E-state index is 13.5. The number of benzene rings is 1. The van der Waals surface area contributed by atoms with Crippen LogP contribution >= 0.6 is 9.24 Å². The summed E-state index contributed by atoms with van der Waals surface area (Å²) in [6.45, 7) is 12.6. The van der Waals surface area contributed by atoms with Crippen LogP contribution in [0.3, 0.4) is 0 Å². The van der Waals surface area contributed by atoms with Gasteiger partial charge in [-0.3, -0.25) is 0 Å². The topological polar surface area (TPSA) is 51.1 Å². The van der Waals surface area contributed by atoms with Crippen LogP contribution in [0.1, 0.15) is 46.1 Å². The van der Waals surface area contributed by atoms with Crippen LogP contribution in [0.4, 0.5) is 9.18 Å². The summed E-state index contributed by atoms with van der Waals surface area (Å²) in [6, 6.07) is 4.85. The van der Waals surface area contributed by atoms with Crippen molar-refractivity contribution in [1.29, 1.82) is 0 Å². The van der Waals surface area contributed by atoms with E-state index in [1.807, 2.05) is 33.8 Å². The summed E-state index contributed by atoms with van der Waals surface area (Å²) in [4.78, 5) is 19.4. The third kappa shape index (κ3) is 7.23. The number of oxime groups is 1. The van der Waals surface area contributed by atoms with Crippen molar-refractivity contribution >= 4 is 26.3 Å². The van der Waals surface area contributed by atoms with Crippen LogP contribution in [0.15, 0.2) is 35.7 Å². The molecule has 154 valence electrons. The monoisotopic (exact) mass is 408 g/mol. The number of amides is 1. The molecule has 0 spiro atoms. The lowest BCUT2D eigenvalue weighted by atomic mass is 9.96. The first-order chi connectivity index (χ1) is 13.0. The van der Waals surface area contributed by atoms with E-state index in [4.69, 9.17) is 9.57 Å². The molecule has 1 saturated heterocycles. The molecule has 1 aromatic rings. The number of carbonyl (C=O) groups excluding carboxylic acids is 1. The van der Waals surface area contributed by atoms with Gasteiger partial charge in [-0.25, -0.2) is 9.18 Å². The zero-order chi connectivity index (χ0) is 20.9. The molecule has 1 heterocycles. The largest absolute Gasteiger partial charge is 0.444 e. The van der Waals surface area contributed by atoms with E-state index in [1.165, 1.54) is 12.1 Å². The lowest BCUT2D eigenvalue weighted by Crippen LogP contribution is -2.42. The standard InChI is InChI=1S/C21H30FN2O3P/c1-14(10-16-11-18(22)13-19(28)12-16)23-27-15(2)17-6-8-24(9-7-17)20(25)26-21(3,4)5/h11-13,17H,2,6-10,28H2,1,3-5H3/b23-14+. The quantitative estimate of drug-likeness (QED) is 0.314. The molecule has 1 aliphatic heterocycles. The lowest BCUT2D eigenvalue weighted by molar-refractivity contribution is 0.0173. The van der Waals surface area contributed by atoms with Gasteiger partial charge in [-0.1, -0.05) is 17.8 Å². The minimum Gasteiger partial charge on any atom is -0.444 e. The number of likely N-dealkylation sites (tertiary alicyclic amines) is 1. The van der Waals surface area contributed by atoms with Gasteiger partial charge in [0.2, 0.25) is 0 Å². The number of hydrogen-bond donors (Lipinski definition) is 0. The Bertz CT molecular complexity index is 730. The summed E-state index contributed by atoms with van der Waals surface area (Å²) < 4.78 is 18.9. The molecule has 1 amide bonds. The highest BCUT2D eigenvalue weighted by Crippen LogP contribution is 2.25. The Morgan fingerprint density at radius 3 is 2.54 bits per heavy atom. The Morgan fingerprint density at radius 2 is 1.96 bits per heavy atom. The molecule has 2 rings (SSSR count). The molecule has 1 aliphatic rings. The van der Waals surface area contributed by atoms with Crippen LogP contribution in [0.2, 0.25) is 0 Å². The Morgan fingerprint density at radius 1 is 1.32 bits per heavy atom. The normalized spacial score (nSPS) is 16.1. The number of nitrogens with zero attached hydrogens (tertiary/aromatic N) is 2. The maximum absolute atomic E-state index is 13.5. The number of rotatable bonds is 5. The van der Waals surface area contributed by atoms with Crippen LogP contribution in [-0.2, 0) is 16.0 Å². The van der Waals surface area contributed by atoms with Crippen molar-refractivity contribution in [3.05, 3.63) is 41.9 Å². The molecule has 0 radical (unpaired) electrons. The molecule has 1 fully saturated rings. The van der Waals surface area contributed by atoms with Crippen molar-refractivity contribution in [2.45, 2.75) is 52.6 Å². The molecule has 0 aromatic heterocycles. The minimum absolute atomic E-state index is 0.142. The first-order valence-electron chi connectivity index (χ1n) is 9.45. The molecular weight excluding hydrogens is 378 g/mol. The average Bonchev–Trinajstić information content (AvgIpc) is 2.57. The molecule has 28 heavy (non-hydrogen) atoms. The van der Waals surface area contributed by atoms with Crippen molar-refractivity contribution in [1.82, 2.24) is 4.90 Å². The van der Waals surface area contributed by atoms with Gasteiger partial charge in [-0.15, -0.1) is 9.24 Å². The fourth-order valence-electron chi connectivity index (χ4n) is 3.03. The summed E-state index contributed by atoms with van der Waals surface area (Å²) in [5.41, 5.74) is 1.08. The van der Waals surface area contributed by atoms with Crippen LogP contribution < -0.4 is 5.30 Å². The maximum Gasteiger partial charge on any atom is 0.410 e. The molecule has 0 aliphatic carbocycles. The van der Waals surface area contributed by atoms with Gasteiger partial charge in [0, 0.05) is 25.4 Å². The smallest absolute Gasteiger partial charge is 0.410 e. The summed E-state index contributed by atoms with van der Waals surface area (Å²) in [5.74, 6) is 0.467. The van der Waals surface area contributed by atoms with Gasteiger partial charge in [0.1, 0.15) is 17.2 Å². The minimum atomic E-state index is -0.494. The first-order valence-corrected chi connectivity index (χ1v) is 10.0. The highest BCUT2D eigenvalue weighted by molar-refractivity contribution is 7.27. The number of carbonyl (C=O) groups is 1. The van der Waals surface area contributed by atoms with E-state index in [2.05, 4.69) is 21.0 Å². The number of hydrogen-bond acceptors (Lipinski definition) is 4. The van der Waals surface area contributed by atoms with Crippen molar-refractivity contribution in [3.63, 3.8) is 0 Å². The zero-order valence-corrected chi connectivity index (χ0v) is 18.3. The van der Waals surface area contributed by atoms with E-state index in [1.54, 1.807) is 4.90 Å². The molecule has 5 nitrogen and oxygen atoms in total. The average molecular weight is 408 g/mol. The highest BCUT2D eigenvalue weighted by atomic mass is 31.0. The molecule has 1 unspecified atom stereocenters. The highest BCUT2D eigenvalue weighted by Gasteiger charge is 2.28. The second kappa shape index (κ2) is 9.51. The Hall–Kier alpha value is -1.94. The van der Waals surface area contributed by atoms with Crippen LogP contribution in [0, 0.1) is 11.7 Å². The zero-order valence-electron chi connectivity index (χ0n) is 17.1. The second-order valence-corrected chi connectivity index (χ2v) is 8.86. The fourth-order valence-corrected chi connectivity index (χ4v) is 3.40. The van der Waals surface area contributed by atoms with Crippen LogP contribution in [0.5, 0.6) is 0 Å². The molecule has 0 N–H and O–H groups in total. The van der Waals surface area contributed by atoms with Crippen molar-refractivity contribution in [2.24, 2.45) is 11.1 Å². The number of allylic oxidation sites excluding steroid dienone is 1. The first kappa shape index (κ1) is 22.4. The number of piperidine rings is 1. The van der Waals surface area contributed by atoms with Gasteiger partial charge in [-0.2, -0.15) is 0 Å². The molecule has 1 atom stereocenters. The van der Waals surface area contributed by atoms with Gasteiger partial charge in [0.15, 0.2) is 0 Å². The van der Waals surface area contributed by atoms with Gasteiger partial charge < -0.3 is 14.5 Å². The van der Waals surface area contributed by atoms with E-state index in [0.29, 0.717) is 25.3 Å². The number of halogens is 1. The molecule has 7 heteroatoms. The molecule has 0 saturated carbocycles. The van der Waals surface area contributed by atoms with Crippen molar-refractivity contribution in [2.75, 3.05) is 13.1 Å². The van der Waals surface area contributed by atoms with Crippen LogP contribution in [-0.4, -0.2) is 35.4 Å². The van der Waals surface area contributed by atoms with Gasteiger partial charge in [0.05, 0.1) is 5.71 Å². The molecule has 0 bridgehead atoms. The fraction of sp³-hybridized carbons (Fsp3) is 0.524. The number of ether oxygens (including phenoxy) is 1. The molecule has 1 aromatic carbocycles. The summed E-state index contributed by atoms with van der Waals surface area (Å²) in [7, 11) is 2.49. The third-order valence-corrected chi connectivity index (χ3v) is 4.69. The Labute approximate surface area is 169 Å². The van der Waals surface area contributed by atoms with E-state index in [9.17, 15) is 9.18 Å². The van der Waals surface area contributed by atoms with Crippen molar-refractivity contribution < 1.29 is 18.8 Å².